The minimum atomic E-state index is -0.409. The van der Waals surface area contributed by atoms with E-state index in [0.29, 0.717) is 23.6 Å². The van der Waals surface area contributed by atoms with Crippen LogP contribution < -0.4 is 5.32 Å². The fourth-order valence-corrected chi connectivity index (χ4v) is 3.31. The van der Waals surface area contributed by atoms with Crippen molar-refractivity contribution in [3.8, 4) is 23.6 Å². The fourth-order valence-electron chi connectivity index (χ4n) is 3.31. The van der Waals surface area contributed by atoms with E-state index < -0.39 is 5.97 Å². The number of hydrogen-bond acceptors (Lipinski definition) is 7. The number of benzene rings is 1. The first-order valence-corrected chi connectivity index (χ1v) is 10.8. The number of anilines is 1. The van der Waals surface area contributed by atoms with Crippen molar-refractivity contribution in [1.29, 1.82) is 0 Å². The van der Waals surface area contributed by atoms with Crippen molar-refractivity contribution in [2.24, 2.45) is 0 Å². The SMILES string of the molecule is C#Cc1ccccc1-c1cc(C(=O)OC)cc(NCCN2CCOCC2)n1.c1ccncc1. The van der Waals surface area contributed by atoms with E-state index in [1.807, 2.05) is 42.5 Å². The lowest BCUT2D eigenvalue weighted by Crippen LogP contribution is -2.39. The van der Waals surface area contributed by atoms with Crippen LogP contribution in [0.1, 0.15) is 15.9 Å². The zero-order chi connectivity index (χ0) is 23.3. The second-order valence-electron chi connectivity index (χ2n) is 7.21. The molecular formula is C26H28N4O3. The van der Waals surface area contributed by atoms with Crippen LogP contribution in [0.3, 0.4) is 0 Å². The summed E-state index contributed by atoms with van der Waals surface area (Å²) in [6, 6.07) is 16.7. The summed E-state index contributed by atoms with van der Waals surface area (Å²) in [5.74, 6) is 2.88. The summed E-state index contributed by atoms with van der Waals surface area (Å²) < 4.78 is 10.2. The number of carbonyl (C=O) groups is 1. The number of methoxy groups -OCH3 is 1. The molecule has 3 aromatic rings. The molecule has 7 nitrogen and oxygen atoms in total. The Hall–Kier alpha value is -3.73. The monoisotopic (exact) mass is 444 g/mol. The minimum Gasteiger partial charge on any atom is -0.465 e. The second-order valence-corrected chi connectivity index (χ2v) is 7.21. The highest BCUT2D eigenvalue weighted by molar-refractivity contribution is 5.92. The van der Waals surface area contributed by atoms with Crippen LogP contribution in [0.4, 0.5) is 5.82 Å². The topological polar surface area (TPSA) is 76.6 Å². The Balaban J connectivity index is 0.000000442. The van der Waals surface area contributed by atoms with Gasteiger partial charge in [-0.1, -0.05) is 30.2 Å². The molecule has 1 aliphatic rings. The molecule has 3 heterocycles. The molecule has 0 atom stereocenters. The fraction of sp³-hybridized carbons (Fsp3) is 0.269. The molecule has 2 aromatic heterocycles. The van der Waals surface area contributed by atoms with E-state index in [2.05, 4.69) is 26.1 Å². The smallest absolute Gasteiger partial charge is 0.338 e. The largest absolute Gasteiger partial charge is 0.465 e. The molecule has 170 valence electrons. The third kappa shape index (κ3) is 7.42. The molecule has 0 spiro atoms. The lowest BCUT2D eigenvalue weighted by atomic mass is 10.0. The Morgan fingerprint density at radius 1 is 1.15 bits per heavy atom. The molecule has 33 heavy (non-hydrogen) atoms. The number of hydrogen-bond donors (Lipinski definition) is 1. The van der Waals surface area contributed by atoms with Gasteiger partial charge in [0.05, 0.1) is 31.6 Å². The first-order chi connectivity index (χ1) is 16.2. The van der Waals surface area contributed by atoms with Crippen LogP contribution in [0.25, 0.3) is 11.3 Å². The summed E-state index contributed by atoms with van der Waals surface area (Å²) in [6.45, 7) is 4.99. The maximum atomic E-state index is 12.1. The van der Waals surface area contributed by atoms with Gasteiger partial charge in [0, 0.05) is 49.7 Å². The Kier molecular flexibility index (Phi) is 9.40. The van der Waals surface area contributed by atoms with Crippen LogP contribution in [-0.2, 0) is 9.47 Å². The Morgan fingerprint density at radius 2 is 1.91 bits per heavy atom. The third-order valence-electron chi connectivity index (χ3n) is 5.01. The Morgan fingerprint density at radius 3 is 2.55 bits per heavy atom. The number of terminal acetylenes is 1. The standard InChI is InChI=1S/C21H23N3O3.C5H5N/c1-3-16-6-4-5-7-18(16)19-14-17(21(25)26-2)15-20(23-19)22-8-9-24-10-12-27-13-11-24;1-2-4-6-5-3-1/h1,4-7,14-15H,8-13H2,2H3,(H,22,23);1-5H. The first kappa shape index (κ1) is 23.9. The van der Waals surface area contributed by atoms with Crippen molar-refractivity contribution >= 4 is 11.8 Å². The van der Waals surface area contributed by atoms with Crippen molar-refractivity contribution < 1.29 is 14.3 Å². The number of carbonyl (C=O) groups excluding carboxylic acids is 1. The Bertz CT molecular complexity index is 1030. The predicted molar refractivity (Wildman–Crippen MR) is 129 cm³/mol. The third-order valence-corrected chi connectivity index (χ3v) is 5.01. The zero-order valence-electron chi connectivity index (χ0n) is 18.7. The predicted octanol–water partition coefficient (Wildman–Crippen LogP) is 3.34. The van der Waals surface area contributed by atoms with E-state index >= 15 is 0 Å². The van der Waals surface area contributed by atoms with Gasteiger partial charge in [-0.25, -0.2) is 9.78 Å². The van der Waals surface area contributed by atoms with Gasteiger partial charge in [0.1, 0.15) is 5.82 Å². The molecule has 1 aliphatic heterocycles. The molecule has 0 amide bonds. The van der Waals surface area contributed by atoms with Crippen LogP contribution in [0.15, 0.2) is 67.0 Å². The first-order valence-electron chi connectivity index (χ1n) is 10.8. The van der Waals surface area contributed by atoms with E-state index in [0.717, 1.165) is 44.0 Å². The molecule has 0 unspecified atom stereocenters. The molecular weight excluding hydrogens is 416 g/mol. The van der Waals surface area contributed by atoms with Gasteiger partial charge < -0.3 is 14.8 Å². The molecule has 1 saturated heterocycles. The van der Waals surface area contributed by atoms with Crippen molar-refractivity contribution in [2.45, 2.75) is 0 Å². The summed E-state index contributed by atoms with van der Waals surface area (Å²) >= 11 is 0. The van der Waals surface area contributed by atoms with Crippen LogP contribution in [0.5, 0.6) is 0 Å². The second kappa shape index (κ2) is 13.0. The summed E-state index contributed by atoms with van der Waals surface area (Å²) in [5.41, 5.74) is 2.61. The van der Waals surface area contributed by atoms with Gasteiger partial charge >= 0.3 is 5.97 Å². The number of nitrogens with zero attached hydrogens (tertiary/aromatic N) is 3. The molecule has 0 saturated carbocycles. The van der Waals surface area contributed by atoms with Gasteiger partial charge in [-0.3, -0.25) is 9.88 Å². The van der Waals surface area contributed by atoms with Gasteiger partial charge in [0.2, 0.25) is 0 Å². The van der Waals surface area contributed by atoms with E-state index in [1.165, 1.54) is 7.11 Å². The quantitative estimate of drug-likeness (QED) is 0.462. The number of morpholine rings is 1. The van der Waals surface area contributed by atoms with E-state index in [-0.39, 0.29) is 0 Å². The maximum Gasteiger partial charge on any atom is 0.338 e. The van der Waals surface area contributed by atoms with Gasteiger partial charge in [0.25, 0.3) is 0 Å². The van der Waals surface area contributed by atoms with Gasteiger partial charge in [0.15, 0.2) is 0 Å². The van der Waals surface area contributed by atoms with Crippen molar-refractivity contribution in [1.82, 2.24) is 14.9 Å². The summed E-state index contributed by atoms with van der Waals surface area (Å²) in [7, 11) is 1.36. The highest BCUT2D eigenvalue weighted by atomic mass is 16.5. The lowest BCUT2D eigenvalue weighted by molar-refractivity contribution is 0.0398. The average Bonchev–Trinajstić information content (AvgIpc) is 2.90. The number of aromatic nitrogens is 2. The van der Waals surface area contributed by atoms with Crippen molar-refractivity contribution in [2.75, 3.05) is 51.8 Å². The molecule has 0 radical (unpaired) electrons. The molecule has 1 N–H and O–H groups in total. The number of nitrogens with one attached hydrogen (secondary N) is 1. The van der Waals surface area contributed by atoms with Crippen LogP contribution in [-0.4, -0.2) is 67.3 Å². The molecule has 1 fully saturated rings. The van der Waals surface area contributed by atoms with Gasteiger partial charge in [-0.15, -0.1) is 6.42 Å². The summed E-state index contributed by atoms with van der Waals surface area (Å²) in [6.07, 6.45) is 9.11. The normalized spacial score (nSPS) is 13.2. The van der Waals surface area contributed by atoms with Crippen LogP contribution in [0, 0.1) is 12.3 Å². The highest BCUT2D eigenvalue weighted by Gasteiger charge is 2.14. The van der Waals surface area contributed by atoms with Gasteiger partial charge in [-0.05, 0) is 30.3 Å². The number of ether oxygens (including phenoxy) is 2. The van der Waals surface area contributed by atoms with Crippen molar-refractivity contribution in [3.05, 3.63) is 78.1 Å². The number of pyridine rings is 2. The minimum absolute atomic E-state index is 0.409. The zero-order valence-corrected chi connectivity index (χ0v) is 18.7. The molecule has 1 aromatic carbocycles. The van der Waals surface area contributed by atoms with Gasteiger partial charge in [-0.2, -0.15) is 0 Å². The Labute approximate surface area is 194 Å². The average molecular weight is 445 g/mol. The maximum absolute atomic E-state index is 12.1. The molecule has 0 aliphatic carbocycles. The highest BCUT2D eigenvalue weighted by Crippen LogP contribution is 2.24. The molecule has 0 bridgehead atoms. The number of rotatable bonds is 6. The van der Waals surface area contributed by atoms with E-state index in [1.54, 1.807) is 24.5 Å². The number of esters is 1. The molecule has 7 heteroatoms. The molecule has 4 rings (SSSR count). The summed E-state index contributed by atoms with van der Waals surface area (Å²) in [4.78, 5) is 22.9. The van der Waals surface area contributed by atoms with E-state index in [4.69, 9.17) is 15.9 Å². The van der Waals surface area contributed by atoms with Crippen LogP contribution in [0.2, 0.25) is 0 Å². The van der Waals surface area contributed by atoms with Crippen LogP contribution >= 0.6 is 0 Å². The van der Waals surface area contributed by atoms with Crippen molar-refractivity contribution in [3.63, 3.8) is 0 Å². The van der Waals surface area contributed by atoms with E-state index in [9.17, 15) is 4.79 Å². The lowest BCUT2D eigenvalue weighted by Gasteiger charge is -2.26. The summed E-state index contributed by atoms with van der Waals surface area (Å²) in [5, 5.41) is 3.31.